The Morgan fingerprint density at radius 3 is 2.72 bits per heavy atom. The summed E-state index contributed by atoms with van der Waals surface area (Å²) in [7, 11) is 0. The van der Waals surface area contributed by atoms with Crippen LogP contribution in [0.5, 0.6) is 5.75 Å². The topological polar surface area (TPSA) is 62.7 Å². The predicted octanol–water partition coefficient (Wildman–Crippen LogP) is 3.30. The Bertz CT molecular complexity index is 804. The Morgan fingerprint density at radius 1 is 1.24 bits per heavy atom. The van der Waals surface area contributed by atoms with Crippen LogP contribution in [-0.4, -0.2) is 39.3 Å². The van der Waals surface area contributed by atoms with Crippen molar-refractivity contribution in [3.05, 3.63) is 45.4 Å². The van der Waals surface area contributed by atoms with Crippen molar-refractivity contribution < 1.29 is 14.3 Å². The standard InChI is InChI=1S/C17H16ClN3O3S/c18-11-1-5-14(6-2-11)24-9-15-19-12(10-25-15)7-21-16(22)8-20(17(21)23)13-3-4-13/h1-2,5-6,10,13H,3-4,7-9H2. The number of imide groups is 1. The number of amides is 3. The molecule has 2 aliphatic rings. The molecule has 25 heavy (non-hydrogen) atoms. The van der Waals surface area contributed by atoms with E-state index in [1.165, 1.54) is 16.2 Å². The molecule has 0 atom stereocenters. The zero-order valence-corrected chi connectivity index (χ0v) is 14.9. The van der Waals surface area contributed by atoms with Gasteiger partial charge in [0.15, 0.2) is 0 Å². The largest absolute Gasteiger partial charge is 0.486 e. The highest BCUT2D eigenvalue weighted by Crippen LogP contribution is 2.31. The summed E-state index contributed by atoms with van der Waals surface area (Å²) in [5.41, 5.74) is 0.707. The molecule has 0 unspecified atom stereocenters. The third-order valence-electron chi connectivity index (χ3n) is 4.17. The van der Waals surface area contributed by atoms with Gasteiger partial charge in [-0.25, -0.2) is 9.78 Å². The first-order valence-electron chi connectivity index (χ1n) is 8.03. The fraction of sp³-hybridized carbons (Fsp3) is 0.353. The van der Waals surface area contributed by atoms with Gasteiger partial charge in [0.25, 0.3) is 5.91 Å². The first-order valence-corrected chi connectivity index (χ1v) is 9.28. The lowest BCUT2D eigenvalue weighted by atomic mass is 10.3. The second-order valence-electron chi connectivity index (χ2n) is 6.10. The molecule has 1 aromatic heterocycles. The van der Waals surface area contributed by atoms with E-state index in [0.29, 0.717) is 23.1 Å². The summed E-state index contributed by atoms with van der Waals surface area (Å²) in [6, 6.07) is 7.18. The van der Waals surface area contributed by atoms with E-state index in [0.717, 1.165) is 17.8 Å². The fourth-order valence-electron chi connectivity index (χ4n) is 2.71. The van der Waals surface area contributed by atoms with Crippen LogP contribution in [-0.2, 0) is 17.9 Å². The van der Waals surface area contributed by atoms with Gasteiger partial charge in [-0.2, -0.15) is 0 Å². The smallest absolute Gasteiger partial charge is 0.327 e. The van der Waals surface area contributed by atoms with E-state index in [2.05, 4.69) is 4.98 Å². The average molecular weight is 378 g/mol. The molecule has 2 heterocycles. The van der Waals surface area contributed by atoms with Gasteiger partial charge in [-0.15, -0.1) is 11.3 Å². The number of hydrogen-bond acceptors (Lipinski definition) is 5. The van der Waals surface area contributed by atoms with E-state index >= 15 is 0 Å². The van der Waals surface area contributed by atoms with Crippen molar-refractivity contribution >= 4 is 34.9 Å². The highest BCUT2D eigenvalue weighted by Gasteiger charge is 2.43. The molecule has 0 spiro atoms. The summed E-state index contributed by atoms with van der Waals surface area (Å²) in [6.07, 6.45) is 1.99. The van der Waals surface area contributed by atoms with Gasteiger partial charge >= 0.3 is 6.03 Å². The van der Waals surface area contributed by atoms with Gasteiger partial charge in [-0.3, -0.25) is 9.69 Å². The number of carbonyl (C=O) groups is 2. The van der Waals surface area contributed by atoms with Crippen LogP contribution in [0.3, 0.4) is 0 Å². The molecular weight excluding hydrogens is 362 g/mol. The number of benzene rings is 1. The lowest BCUT2D eigenvalue weighted by Crippen LogP contribution is -2.33. The van der Waals surface area contributed by atoms with E-state index in [9.17, 15) is 9.59 Å². The van der Waals surface area contributed by atoms with E-state index in [1.807, 2.05) is 5.38 Å². The molecule has 130 valence electrons. The van der Waals surface area contributed by atoms with Gasteiger partial charge < -0.3 is 9.64 Å². The maximum atomic E-state index is 12.3. The molecule has 6 nitrogen and oxygen atoms in total. The quantitative estimate of drug-likeness (QED) is 0.724. The number of nitrogens with zero attached hydrogens (tertiary/aromatic N) is 3. The molecule has 1 saturated heterocycles. The predicted molar refractivity (Wildman–Crippen MR) is 93.6 cm³/mol. The molecule has 0 bridgehead atoms. The van der Waals surface area contributed by atoms with Crippen molar-refractivity contribution in [1.29, 1.82) is 0 Å². The average Bonchev–Trinajstić information content (AvgIpc) is 3.29. The van der Waals surface area contributed by atoms with Crippen LogP contribution in [0.15, 0.2) is 29.6 Å². The van der Waals surface area contributed by atoms with E-state index in [1.54, 1.807) is 29.2 Å². The van der Waals surface area contributed by atoms with Crippen molar-refractivity contribution in [1.82, 2.24) is 14.8 Å². The van der Waals surface area contributed by atoms with Crippen LogP contribution in [0.2, 0.25) is 5.02 Å². The Morgan fingerprint density at radius 2 is 2.00 bits per heavy atom. The number of rotatable bonds is 6. The molecule has 2 fully saturated rings. The normalized spacial score (nSPS) is 17.5. The highest BCUT2D eigenvalue weighted by molar-refractivity contribution is 7.09. The minimum absolute atomic E-state index is 0.149. The zero-order valence-electron chi connectivity index (χ0n) is 13.4. The third-order valence-corrected chi connectivity index (χ3v) is 5.29. The molecular formula is C17H16ClN3O3S. The fourth-order valence-corrected chi connectivity index (χ4v) is 3.54. The molecule has 1 aromatic carbocycles. The third kappa shape index (κ3) is 3.62. The summed E-state index contributed by atoms with van der Waals surface area (Å²) in [5.74, 6) is 0.565. The van der Waals surface area contributed by atoms with Gasteiger partial charge in [-0.1, -0.05) is 11.6 Å². The maximum Gasteiger partial charge on any atom is 0.327 e. The summed E-state index contributed by atoms with van der Waals surface area (Å²) in [5, 5.41) is 3.31. The summed E-state index contributed by atoms with van der Waals surface area (Å²) in [6.45, 7) is 0.751. The molecule has 4 rings (SSSR count). The van der Waals surface area contributed by atoms with Crippen molar-refractivity contribution in [2.24, 2.45) is 0 Å². The first kappa shape index (κ1) is 16.4. The molecule has 2 aromatic rings. The number of thiazole rings is 1. The minimum atomic E-state index is -0.195. The Kier molecular flexibility index (Phi) is 4.35. The van der Waals surface area contributed by atoms with E-state index in [4.69, 9.17) is 16.3 Å². The molecule has 3 amide bonds. The minimum Gasteiger partial charge on any atom is -0.486 e. The first-order chi connectivity index (χ1) is 12.1. The Balaban J connectivity index is 1.35. The molecule has 1 aliphatic carbocycles. The van der Waals surface area contributed by atoms with Gasteiger partial charge in [0.1, 0.15) is 23.9 Å². The van der Waals surface area contributed by atoms with E-state index < -0.39 is 0 Å². The monoisotopic (exact) mass is 377 g/mol. The second-order valence-corrected chi connectivity index (χ2v) is 7.48. The molecule has 0 N–H and O–H groups in total. The lowest BCUT2D eigenvalue weighted by molar-refractivity contribution is -0.125. The molecule has 1 aliphatic heterocycles. The Labute approximate surface area is 154 Å². The molecule has 8 heteroatoms. The van der Waals surface area contributed by atoms with Crippen LogP contribution < -0.4 is 4.74 Å². The zero-order chi connectivity index (χ0) is 17.4. The maximum absolute atomic E-state index is 12.3. The molecule has 0 radical (unpaired) electrons. The number of ether oxygens (including phenoxy) is 1. The molecule has 1 saturated carbocycles. The van der Waals surface area contributed by atoms with Crippen molar-refractivity contribution in [2.75, 3.05) is 6.54 Å². The highest BCUT2D eigenvalue weighted by atomic mass is 35.5. The SMILES string of the molecule is O=C1CN(C2CC2)C(=O)N1Cc1csc(COc2ccc(Cl)cc2)n1. The lowest BCUT2D eigenvalue weighted by Gasteiger charge is -2.15. The number of carbonyl (C=O) groups excluding carboxylic acids is 2. The number of hydrogen-bond donors (Lipinski definition) is 0. The number of aromatic nitrogens is 1. The second kappa shape index (κ2) is 6.65. The summed E-state index contributed by atoms with van der Waals surface area (Å²) >= 11 is 7.29. The number of urea groups is 1. The van der Waals surface area contributed by atoms with Gasteiger partial charge in [0, 0.05) is 16.4 Å². The van der Waals surface area contributed by atoms with Gasteiger partial charge in [0.05, 0.1) is 12.2 Å². The van der Waals surface area contributed by atoms with Crippen molar-refractivity contribution in [3.8, 4) is 5.75 Å². The number of halogens is 1. The van der Waals surface area contributed by atoms with Crippen LogP contribution in [0.4, 0.5) is 4.79 Å². The van der Waals surface area contributed by atoms with Crippen LogP contribution in [0.25, 0.3) is 0 Å². The van der Waals surface area contributed by atoms with Crippen molar-refractivity contribution in [2.45, 2.75) is 32.0 Å². The van der Waals surface area contributed by atoms with Gasteiger partial charge in [-0.05, 0) is 37.1 Å². The van der Waals surface area contributed by atoms with E-state index in [-0.39, 0.29) is 31.1 Å². The Hall–Kier alpha value is -2.12. The van der Waals surface area contributed by atoms with Crippen LogP contribution >= 0.6 is 22.9 Å². The van der Waals surface area contributed by atoms with Gasteiger partial charge in [0.2, 0.25) is 0 Å². The van der Waals surface area contributed by atoms with Crippen LogP contribution in [0.1, 0.15) is 23.5 Å². The summed E-state index contributed by atoms with van der Waals surface area (Å²) < 4.78 is 5.66. The van der Waals surface area contributed by atoms with Crippen molar-refractivity contribution in [3.63, 3.8) is 0 Å². The summed E-state index contributed by atoms with van der Waals surface area (Å²) in [4.78, 5) is 31.8. The van der Waals surface area contributed by atoms with Crippen LogP contribution in [0, 0.1) is 0 Å².